The minimum absolute atomic E-state index is 0. The van der Waals surface area contributed by atoms with Gasteiger partial charge < -0.3 is 10.6 Å². The molecule has 4 nitrogen and oxygen atoms in total. The molecule has 0 bridgehead atoms. The van der Waals surface area contributed by atoms with Crippen LogP contribution in [0.25, 0.3) is 0 Å². The molecule has 0 saturated heterocycles. The lowest BCUT2D eigenvalue weighted by molar-refractivity contribution is 0.582. The lowest BCUT2D eigenvalue weighted by Gasteiger charge is -2.15. The molecule has 2 N–H and O–H groups in total. The number of nitrogens with one attached hydrogen (secondary N) is 2. The second-order valence-corrected chi connectivity index (χ2v) is 6.12. The van der Waals surface area contributed by atoms with Crippen molar-refractivity contribution >= 4 is 41.3 Å². The Balaban J connectivity index is 0.00000162. The zero-order chi connectivity index (χ0) is 12.3. The molecule has 0 radical (unpaired) electrons. The number of guanidine groups is 1. The Hall–Kier alpha value is -0.370. The summed E-state index contributed by atoms with van der Waals surface area (Å²) in [5.41, 5.74) is 1.23. The van der Waals surface area contributed by atoms with Gasteiger partial charge in [0.25, 0.3) is 0 Å². The normalized spacial score (nSPS) is 15.4. The molecular weight excluding hydrogens is 359 g/mol. The van der Waals surface area contributed by atoms with Gasteiger partial charge in [-0.3, -0.25) is 4.99 Å². The average molecular weight is 380 g/mol. The molecular formula is C12H21IN4S. The molecule has 18 heavy (non-hydrogen) atoms. The summed E-state index contributed by atoms with van der Waals surface area (Å²) in [7, 11) is 0. The number of nitrogens with zero attached hydrogens (tertiary/aromatic N) is 2. The minimum atomic E-state index is 0. The molecule has 0 aromatic carbocycles. The number of hydrogen-bond donors (Lipinski definition) is 2. The predicted octanol–water partition coefficient (Wildman–Crippen LogP) is 2.50. The Bertz CT molecular complexity index is 408. The fraction of sp³-hybridized carbons (Fsp3) is 0.667. The SMILES string of the molecule is CC(C)(C)c1nc(CNC2=NCCCN2)cs1.I. The van der Waals surface area contributed by atoms with E-state index in [0.29, 0.717) is 0 Å². The summed E-state index contributed by atoms with van der Waals surface area (Å²) in [6.45, 7) is 9.25. The van der Waals surface area contributed by atoms with Crippen LogP contribution >= 0.6 is 35.3 Å². The van der Waals surface area contributed by atoms with Gasteiger partial charge in [0.05, 0.1) is 17.2 Å². The van der Waals surface area contributed by atoms with Crippen molar-refractivity contribution in [2.24, 2.45) is 4.99 Å². The fourth-order valence-electron chi connectivity index (χ4n) is 1.56. The van der Waals surface area contributed by atoms with Crippen LogP contribution in [0.4, 0.5) is 0 Å². The zero-order valence-corrected chi connectivity index (χ0v) is 14.3. The Morgan fingerprint density at radius 3 is 2.78 bits per heavy atom. The third-order valence-corrected chi connectivity index (χ3v) is 3.84. The van der Waals surface area contributed by atoms with Crippen molar-refractivity contribution in [1.82, 2.24) is 15.6 Å². The number of halogens is 1. The molecule has 0 fully saturated rings. The van der Waals surface area contributed by atoms with Crippen LogP contribution in [-0.4, -0.2) is 24.0 Å². The number of thiazole rings is 1. The highest BCUT2D eigenvalue weighted by atomic mass is 127. The van der Waals surface area contributed by atoms with Gasteiger partial charge in [-0.05, 0) is 6.42 Å². The molecule has 6 heteroatoms. The van der Waals surface area contributed by atoms with E-state index in [1.165, 1.54) is 5.01 Å². The van der Waals surface area contributed by atoms with Gasteiger partial charge >= 0.3 is 0 Å². The van der Waals surface area contributed by atoms with Crippen molar-refractivity contribution in [3.05, 3.63) is 16.1 Å². The molecule has 0 amide bonds. The smallest absolute Gasteiger partial charge is 0.191 e. The first-order chi connectivity index (χ1) is 8.05. The lowest BCUT2D eigenvalue weighted by Crippen LogP contribution is -2.40. The average Bonchev–Trinajstić information content (AvgIpc) is 2.76. The van der Waals surface area contributed by atoms with Gasteiger partial charge in [0, 0.05) is 23.9 Å². The quantitative estimate of drug-likeness (QED) is 0.776. The van der Waals surface area contributed by atoms with Crippen molar-refractivity contribution in [2.75, 3.05) is 13.1 Å². The van der Waals surface area contributed by atoms with Crippen LogP contribution in [0.3, 0.4) is 0 Å². The van der Waals surface area contributed by atoms with Crippen LogP contribution in [0.2, 0.25) is 0 Å². The summed E-state index contributed by atoms with van der Waals surface area (Å²) < 4.78 is 0. The van der Waals surface area contributed by atoms with Crippen molar-refractivity contribution in [3.8, 4) is 0 Å². The van der Waals surface area contributed by atoms with E-state index < -0.39 is 0 Å². The zero-order valence-electron chi connectivity index (χ0n) is 11.1. The largest absolute Gasteiger partial charge is 0.356 e. The van der Waals surface area contributed by atoms with Gasteiger partial charge in [-0.25, -0.2) is 4.98 Å². The maximum Gasteiger partial charge on any atom is 0.191 e. The van der Waals surface area contributed by atoms with Gasteiger partial charge in [0.1, 0.15) is 0 Å². The van der Waals surface area contributed by atoms with Crippen LogP contribution in [0, 0.1) is 0 Å². The van der Waals surface area contributed by atoms with Crippen LogP contribution in [0.1, 0.15) is 37.9 Å². The molecule has 0 aliphatic carbocycles. The molecule has 0 saturated carbocycles. The molecule has 2 heterocycles. The van der Waals surface area contributed by atoms with Crippen molar-refractivity contribution < 1.29 is 0 Å². The van der Waals surface area contributed by atoms with Gasteiger partial charge in [0.15, 0.2) is 5.96 Å². The molecule has 0 atom stereocenters. The molecule has 0 unspecified atom stereocenters. The van der Waals surface area contributed by atoms with E-state index in [1.807, 2.05) is 0 Å². The van der Waals surface area contributed by atoms with Crippen LogP contribution in [0.15, 0.2) is 10.4 Å². The topological polar surface area (TPSA) is 49.3 Å². The van der Waals surface area contributed by atoms with E-state index in [0.717, 1.165) is 37.7 Å². The minimum Gasteiger partial charge on any atom is -0.356 e. The van der Waals surface area contributed by atoms with E-state index in [1.54, 1.807) is 11.3 Å². The Morgan fingerprint density at radius 2 is 2.22 bits per heavy atom. The summed E-state index contributed by atoms with van der Waals surface area (Å²) in [6.07, 6.45) is 1.12. The Labute approximate surface area is 130 Å². The molecule has 1 aromatic heterocycles. The maximum atomic E-state index is 4.64. The third-order valence-electron chi connectivity index (χ3n) is 2.53. The van der Waals surface area contributed by atoms with Crippen molar-refractivity contribution in [2.45, 2.75) is 39.2 Å². The molecule has 1 aliphatic rings. The number of aromatic nitrogens is 1. The van der Waals surface area contributed by atoms with E-state index in [2.05, 4.69) is 46.8 Å². The van der Waals surface area contributed by atoms with E-state index >= 15 is 0 Å². The van der Waals surface area contributed by atoms with Crippen molar-refractivity contribution in [1.29, 1.82) is 0 Å². The number of hydrogen-bond acceptors (Lipinski definition) is 5. The summed E-state index contributed by atoms with van der Waals surface area (Å²) in [4.78, 5) is 9.01. The van der Waals surface area contributed by atoms with Crippen LogP contribution in [0.5, 0.6) is 0 Å². The van der Waals surface area contributed by atoms with Crippen LogP contribution < -0.4 is 10.6 Å². The van der Waals surface area contributed by atoms with E-state index in [9.17, 15) is 0 Å². The summed E-state index contributed by atoms with van der Waals surface area (Å²) in [5.74, 6) is 0.904. The molecule has 2 rings (SSSR count). The third kappa shape index (κ3) is 4.38. The maximum absolute atomic E-state index is 4.64. The molecule has 1 aromatic rings. The first-order valence-electron chi connectivity index (χ1n) is 6.03. The summed E-state index contributed by atoms with van der Waals surface area (Å²) >= 11 is 1.73. The lowest BCUT2D eigenvalue weighted by atomic mass is 9.98. The molecule has 102 valence electrons. The van der Waals surface area contributed by atoms with Gasteiger partial charge in [0.2, 0.25) is 0 Å². The highest BCUT2D eigenvalue weighted by Gasteiger charge is 2.17. The molecule has 0 spiro atoms. The van der Waals surface area contributed by atoms with Crippen LogP contribution in [-0.2, 0) is 12.0 Å². The second-order valence-electron chi connectivity index (χ2n) is 5.26. The highest BCUT2D eigenvalue weighted by molar-refractivity contribution is 14.0. The molecule has 1 aliphatic heterocycles. The first-order valence-corrected chi connectivity index (χ1v) is 6.91. The summed E-state index contributed by atoms with van der Waals surface area (Å²) in [5, 5.41) is 9.84. The number of aliphatic imine (C=N–C) groups is 1. The van der Waals surface area contributed by atoms with Gasteiger partial charge in [-0.1, -0.05) is 20.8 Å². The highest BCUT2D eigenvalue weighted by Crippen LogP contribution is 2.25. The number of rotatable bonds is 2. The van der Waals surface area contributed by atoms with Gasteiger partial charge in [-0.2, -0.15) is 0 Å². The fourth-order valence-corrected chi connectivity index (χ4v) is 2.47. The predicted molar refractivity (Wildman–Crippen MR) is 88.0 cm³/mol. The van der Waals surface area contributed by atoms with Crippen molar-refractivity contribution in [3.63, 3.8) is 0 Å². The van der Waals surface area contributed by atoms with E-state index in [-0.39, 0.29) is 29.4 Å². The standard InChI is InChI=1S/C12H20N4S.HI/c1-12(2,3)10-16-9(8-17-10)7-15-11-13-5-4-6-14-11;/h8H,4-7H2,1-3H3,(H2,13,14,15);1H. The Kier molecular flexibility index (Phi) is 5.84. The Morgan fingerprint density at radius 1 is 1.44 bits per heavy atom. The monoisotopic (exact) mass is 380 g/mol. The first kappa shape index (κ1) is 15.7. The second kappa shape index (κ2) is 6.70. The summed E-state index contributed by atoms with van der Waals surface area (Å²) in [6, 6.07) is 0. The van der Waals surface area contributed by atoms with Gasteiger partial charge in [-0.15, -0.1) is 35.3 Å². The van der Waals surface area contributed by atoms with E-state index in [4.69, 9.17) is 0 Å².